The third kappa shape index (κ3) is 4.88. The fraction of sp³-hybridized carbons (Fsp3) is 0.900. The molecule has 0 saturated heterocycles. The number of rotatable bonds is 1. The van der Waals surface area contributed by atoms with Gasteiger partial charge in [-0.15, -0.1) is 0 Å². The van der Waals surface area contributed by atoms with E-state index in [0.717, 1.165) is 0 Å². The van der Waals surface area contributed by atoms with Gasteiger partial charge in [0.2, 0.25) is 0 Å². The summed E-state index contributed by atoms with van der Waals surface area (Å²) < 4.78 is 5.22. The van der Waals surface area contributed by atoms with Crippen molar-refractivity contribution in [2.24, 2.45) is 5.41 Å². The standard InChI is InChI=1S/C10H21NO2/c1-9(2,3)7(11)8(12)13-10(4,5)6/h7H,11H2,1-6H3/p+1/t7-/m1/s1. The van der Waals surface area contributed by atoms with E-state index < -0.39 is 5.60 Å². The summed E-state index contributed by atoms with van der Waals surface area (Å²) in [5.41, 5.74) is 3.26. The highest BCUT2D eigenvalue weighted by Gasteiger charge is 2.34. The Hall–Kier alpha value is -0.570. The first-order valence-electron chi connectivity index (χ1n) is 4.60. The Kier molecular flexibility index (Phi) is 3.50. The van der Waals surface area contributed by atoms with E-state index in [-0.39, 0.29) is 17.4 Å². The van der Waals surface area contributed by atoms with Crippen LogP contribution in [0.2, 0.25) is 0 Å². The van der Waals surface area contributed by atoms with E-state index in [4.69, 9.17) is 4.74 Å². The van der Waals surface area contributed by atoms with Crippen molar-refractivity contribution >= 4 is 5.97 Å². The fourth-order valence-electron chi connectivity index (χ4n) is 0.726. The highest BCUT2D eigenvalue weighted by atomic mass is 16.6. The second kappa shape index (κ2) is 3.66. The fourth-order valence-corrected chi connectivity index (χ4v) is 0.726. The van der Waals surface area contributed by atoms with Crippen LogP contribution in [-0.2, 0) is 9.53 Å². The molecule has 0 aliphatic rings. The quantitative estimate of drug-likeness (QED) is 0.624. The van der Waals surface area contributed by atoms with Gasteiger partial charge in [-0.2, -0.15) is 0 Å². The molecule has 0 heterocycles. The van der Waals surface area contributed by atoms with E-state index in [0.29, 0.717) is 0 Å². The zero-order valence-corrected chi connectivity index (χ0v) is 9.60. The van der Waals surface area contributed by atoms with E-state index in [1.807, 2.05) is 41.5 Å². The van der Waals surface area contributed by atoms with Gasteiger partial charge in [-0.1, -0.05) is 20.8 Å². The molecule has 13 heavy (non-hydrogen) atoms. The average molecular weight is 188 g/mol. The van der Waals surface area contributed by atoms with Gasteiger partial charge < -0.3 is 10.5 Å². The molecule has 0 fully saturated rings. The summed E-state index contributed by atoms with van der Waals surface area (Å²) in [6.45, 7) is 11.5. The lowest BCUT2D eigenvalue weighted by Gasteiger charge is -2.26. The van der Waals surface area contributed by atoms with Crippen LogP contribution in [0.1, 0.15) is 41.5 Å². The molecule has 0 aromatic heterocycles. The number of carbonyl (C=O) groups excluding carboxylic acids is 1. The van der Waals surface area contributed by atoms with E-state index >= 15 is 0 Å². The molecule has 0 aromatic rings. The van der Waals surface area contributed by atoms with Gasteiger partial charge in [0.15, 0.2) is 6.04 Å². The number of esters is 1. The Balaban J connectivity index is 4.30. The maximum atomic E-state index is 11.5. The largest absolute Gasteiger partial charge is 0.456 e. The van der Waals surface area contributed by atoms with E-state index in [9.17, 15) is 4.79 Å². The lowest BCUT2D eigenvalue weighted by Crippen LogP contribution is -2.71. The van der Waals surface area contributed by atoms with Gasteiger partial charge in [-0.3, -0.25) is 0 Å². The predicted octanol–water partition coefficient (Wildman–Crippen LogP) is 0.985. The van der Waals surface area contributed by atoms with Crippen LogP contribution in [0.25, 0.3) is 0 Å². The predicted molar refractivity (Wildman–Crippen MR) is 52.0 cm³/mol. The Morgan fingerprint density at radius 2 is 1.54 bits per heavy atom. The van der Waals surface area contributed by atoms with Gasteiger partial charge in [0, 0.05) is 5.41 Å². The topological polar surface area (TPSA) is 53.9 Å². The summed E-state index contributed by atoms with van der Waals surface area (Å²) in [4.78, 5) is 11.5. The normalized spacial score (nSPS) is 15.3. The first-order valence-corrected chi connectivity index (χ1v) is 4.60. The van der Waals surface area contributed by atoms with Crippen molar-refractivity contribution in [2.75, 3.05) is 0 Å². The molecule has 0 saturated carbocycles. The summed E-state index contributed by atoms with van der Waals surface area (Å²) in [5.74, 6) is -0.222. The molecule has 0 amide bonds. The van der Waals surface area contributed by atoms with Crippen molar-refractivity contribution in [3.05, 3.63) is 0 Å². The van der Waals surface area contributed by atoms with Crippen LogP contribution < -0.4 is 5.73 Å². The van der Waals surface area contributed by atoms with Crippen molar-refractivity contribution < 1.29 is 15.3 Å². The molecule has 0 rings (SSSR count). The Bertz CT molecular complexity index is 186. The highest BCUT2D eigenvalue weighted by molar-refractivity contribution is 5.75. The van der Waals surface area contributed by atoms with Gasteiger partial charge in [-0.25, -0.2) is 4.79 Å². The van der Waals surface area contributed by atoms with Crippen molar-refractivity contribution in [1.29, 1.82) is 0 Å². The van der Waals surface area contributed by atoms with Crippen molar-refractivity contribution in [3.8, 4) is 0 Å². The van der Waals surface area contributed by atoms with Crippen molar-refractivity contribution in [2.45, 2.75) is 53.2 Å². The van der Waals surface area contributed by atoms with Gasteiger partial charge in [-0.05, 0) is 20.8 Å². The minimum atomic E-state index is -0.418. The van der Waals surface area contributed by atoms with Gasteiger partial charge >= 0.3 is 5.97 Å². The number of carbonyl (C=O) groups is 1. The molecule has 3 heteroatoms. The molecule has 3 N–H and O–H groups in total. The first kappa shape index (κ1) is 12.4. The number of quaternary nitrogens is 1. The number of hydrogen-bond acceptors (Lipinski definition) is 2. The average Bonchev–Trinajstić information content (AvgIpc) is 1.79. The van der Waals surface area contributed by atoms with E-state index in [2.05, 4.69) is 5.73 Å². The molecule has 0 radical (unpaired) electrons. The van der Waals surface area contributed by atoms with E-state index in [1.165, 1.54) is 0 Å². The molecular formula is C10H22NO2+. The summed E-state index contributed by atoms with van der Waals surface area (Å²) in [6.07, 6.45) is 0. The molecule has 0 unspecified atom stereocenters. The first-order chi connectivity index (χ1) is 5.54. The smallest absolute Gasteiger partial charge is 0.365 e. The molecule has 78 valence electrons. The summed E-state index contributed by atoms with van der Waals surface area (Å²) in [6, 6.07) is -0.313. The highest BCUT2D eigenvalue weighted by Crippen LogP contribution is 2.19. The summed E-state index contributed by atoms with van der Waals surface area (Å²) in [5, 5.41) is 0. The Morgan fingerprint density at radius 3 is 1.77 bits per heavy atom. The third-order valence-electron chi connectivity index (χ3n) is 1.74. The van der Waals surface area contributed by atoms with Gasteiger partial charge in [0.25, 0.3) is 0 Å². The van der Waals surface area contributed by atoms with Crippen molar-refractivity contribution in [1.82, 2.24) is 0 Å². The summed E-state index contributed by atoms with van der Waals surface area (Å²) >= 11 is 0. The number of ether oxygens (including phenoxy) is 1. The Morgan fingerprint density at radius 1 is 1.15 bits per heavy atom. The minimum absolute atomic E-state index is 0.137. The van der Waals surface area contributed by atoms with Crippen LogP contribution >= 0.6 is 0 Å². The Labute approximate surface area is 80.6 Å². The van der Waals surface area contributed by atoms with Crippen LogP contribution in [-0.4, -0.2) is 17.6 Å². The van der Waals surface area contributed by atoms with Gasteiger partial charge in [0.05, 0.1) is 0 Å². The zero-order valence-electron chi connectivity index (χ0n) is 9.60. The maximum Gasteiger partial charge on any atom is 0.365 e. The number of hydrogen-bond donors (Lipinski definition) is 1. The molecule has 0 aromatic carbocycles. The molecule has 0 spiro atoms. The van der Waals surface area contributed by atoms with Crippen LogP contribution in [0.5, 0.6) is 0 Å². The van der Waals surface area contributed by atoms with Gasteiger partial charge in [0.1, 0.15) is 5.60 Å². The summed E-state index contributed by atoms with van der Waals surface area (Å²) in [7, 11) is 0. The molecular weight excluding hydrogens is 166 g/mol. The molecule has 0 bridgehead atoms. The maximum absolute atomic E-state index is 11.5. The van der Waals surface area contributed by atoms with Crippen LogP contribution in [0.15, 0.2) is 0 Å². The lowest BCUT2D eigenvalue weighted by molar-refractivity contribution is -0.431. The molecule has 3 nitrogen and oxygen atoms in total. The molecule has 0 aliphatic carbocycles. The molecule has 1 atom stereocenters. The zero-order chi connectivity index (χ0) is 10.9. The van der Waals surface area contributed by atoms with Crippen LogP contribution in [0.3, 0.4) is 0 Å². The third-order valence-corrected chi connectivity index (χ3v) is 1.74. The SMILES string of the molecule is CC(C)(C)OC(=O)[C@@H]([NH3+])C(C)(C)C. The lowest BCUT2D eigenvalue weighted by atomic mass is 9.87. The van der Waals surface area contributed by atoms with E-state index in [1.54, 1.807) is 0 Å². The van der Waals surface area contributed by atoms with Crippen LogP contribution in [0, 0.1) is 5.41 Å². The van der Waals surface area contributed by atoms with Crippen LogP contribution in [0.4, 0.5) is 0 Å². The second-order valence-electron chi connectivity index (χ2n) is 5.45. The second-order valence-corrected chi connectivity index (χ2v) is 5.45. The van der Waals surface area contributed by atoms with Crippen molar-refractivity contribution in [3.63, 3.8) is 0 Å². The minimum Gasteiger partial charge on any atom is -0.456 e. The monoisotopic (exact) mass is 188 g/mol. The molecule has 0 aliphatic heterocycles.